The van der Waals surface area contributed by atoms with E-state index in [9.17, 15) is 0 Å². The predicted molar refractivity (Wildman–Crippen MR) is 94.3 cm³/mol. The Bertz CT molecular complexity index is 810. The fourth-order valence-electron chi connectivity index (χ4n) is 2.63. The molecule has 0 atom stereocenters. The molecule has 0 bridgehead atoms. The highest BCUT2D eigenvalue weighted by Gasteiger charge is 2.12. The average Bonchev–Trinajstić information content (AvgIpc) is 2.86. The molecule has 0 fully saturated rings. The van der Waals surface area contributed by atoms with Gasteiger partial charge >= 0.3 is 0 Å². The Labute approximate surface area is 131 Å². The van der Waals surface area contributed by atoms with Crippen LogP contribution in [0.15, 0.2) is 60.7 Å². The maximum atomic E-state index is 4.82. The number of hydrogen-bond acceptors (Lipinski definition) is 2. The van der Waals surface area contributed by atoms with Crippen molar-refractivity contribution in [1.29, 1.82) is 0 Å². The van der Waals surface area contributed by atoms with Gasteiger partial charge in [0.15, 0.2) is 0 Å². The molecule has 0 aliphatic heterocycles. The smallest absolute Gasteiger partial charge is 0.141 e. The summed E-state index contributed by atoms with van der Waals surface area (Å²) in [6.07, 6.45) is 0. The van der Waals surface area contributed by atoms with E-state index in [0.29, 0.717) is 0 Å². The van der Waals surface area contributed by atoms with Gasteiger partial charge in [-0.3, -0.25) is 0 Å². The number of para-hydroxylation sites is 2. The van der Waals surface area contributed by atoms with Gasteiger partial charge in [0.2, 0.25) is 0 Å². The second-order valence-corrected chi connectivity index (χ2v) is 5.91. The van der Waals surface area contributed by atoms with Gasteiger partial charge in [0.25, 0.3) is 0 Å². The molecule has 1 heterocycles. The molecule has 0 unspecified atom stereocenters. The Balaban J connectivity index is 2.14. The third kappa shape index (κ3) is 2.62. The van der Waals surface area contributed by atoms with Crippen LogP contribution in [0.5, 0.6) is 0 Å². The fourth-order valence-corrected chi connectivity index (χ4v) is 2.63. The van der Waals surface area contributed by atoms with Gasteiger partial charge in [-0.05, 0) is 43.3 Å². The maximum absolute atomic E-state index is 4.82. The van der Waals surface area contributed by atoms with Crippen LogP contribution in [0.4, 0.5) is 5.69 Å². The number of anilines is 1. The summed E-state index contributed by atoms with van der Waals surface area (Å²) in [5.74, 6) is 0.995. The van der Waals surface area contributed by atoms with Crippen LogP contribution < -0.4 is 4.90 Å². The molecule has 0 saturated heterocycles. The number of imidazole rings is 1. The molecule has 112 valence electrons. The van der Waals surface area contributed by atoms with Crippen molar-refractivity contribution in [2.45, 2.75) is 13.5 Å². The fraction of sp³-hybridized carbons (Fsp3) is 0.211. The molecule has 0 aliphatic rings. The van der Waals surface area contributed by atoms with E-state index in [2.05, 4.69) is 58.5 Å². The van der Waals surface area contributed by atoms with Crippen LogP contribution in [0.25, 0.3) is 22.4 Å². The Kier molecular flexibility index (Phi) is 3.72. The van der Waals surface area contributed by atoms with E-state index in [-0.39, 0.29) is 0 Å². The molecular formula is C19H21N3. The largest absolute Gasteiger partial charge is 0.378 e. The van der Waals surface area contributed by atoms with Crippen LogP contribution in [-0.2, 0) is 6.54 Å². The first-order chi connectivity index (χ1) is 10.6. The quantitative estimate of drug-likeness (QED) is 0.666. The first-order valence-corrected chi connectivity index (χ1v) is 7.43. The maximum Gasteiger partial charge on any atom is 0.141 e. The Morgan fingerprint density at radius 2 is 1.77 bits per heavy atom. The van der Waals surface area contributed by atoms with E-state index in [1.165, 1.54) is 5.69 Å². The number of aromatic nitrogens is 2. The van der Waals surface area contributed by atoms with Crippen LogP contribution >= 0.6 is 0 Å². The predicted octanol–water partition coefficient (Wildman–Crippen LogP) is 4.35. The Morgan fingerprint density at radius 1 is 1.09 bits per heavy atom. The van der Waals surface area contributed by atoms with Crippen LogP contribution in [-0.4, -0.2) is 23.6 Å². The van der Waals surface area contributed by atoms with Crippen molar-refractivity contribution >= 4 is 16.7 Å². The molecule has 3 aromatic rings. The molecule has 0 spiro atoms. The highest BCUT2D eigenvalue weighted by molar-refractivity contribution is 5.81. The normalized spacial score (nSPS) is 10.9. The van der Waals surface area contributed by atoms with E-state index in [4.69, 9.17) is 4.98 Å². The van der Waals surface area contributed by atoms with Crippen molar-refractivity contribution in [3.05, 3.63) is 60.7 Å². The lowest BCUT2D eigenvalue weighted by Gasteiger charge is -2.13. The highest BCUT2D eigenvalue weighted by atomic mass is 15.1. The number of fused-ring (bicyclic) bond motifs is 1. The topological polar surface area (TPSA) is 21.1 Å². The van der Waals surface area contributed by atoms with Crippen LogP contribution in [0.3, 0.4) is 0 Å². The monoisotopic (exact) mass is 291 g/mol. The zero-order chi connectivity index (χ0) is 15.7. The van der Waals surface area contributed by atoms with Gasteiger partial charge in [0.05, 0.1) is 11.0 Å². The minimum absolute atomic E-state index is 0.783. The van der Waals surface area contributed by atoms with E-state index < -0.39 is 0 Å². The summed E-state index contributed by atoms with van der Waals surface area (Å²) in [4.78, 5) is 6.92. The molecule has 0 saturated carbocycles. The molecule has 0 N–H and O–H groups in total. The van der Waals surface area contributed by atoms with Crippen LogP contribution in [0.1, 0.15) is 6.92 Å². The lowest BCUT2D eigenvalue weighted by atomic mass is 10.2. The van der Waals surface area contributed by atoms with Crippen molar-refractivity contribution in [3.63, 3.8) is 0 Å². The second-order valence-electron chi connectivity index (χ2n) is 5.91. The zero-order valence-corrected chi connectivity index (χ0v) is 13.4. The standard InChI is InChI=1S/C19H21N3/c1-14(2)13-22-18-8-6-5-7-17(18)20-19(22)15-9-11-16(12-10-15)21(3)4/h5-12H,1,13H2,2-4H3. The van der Waals surface area contributed by atoms with Crippen molar-refractivity contribution in [2.75, 3.05) is 19.0 Å². The lowest BCUT2D eigenvalue weighted by molar-refractivity contribution is 0.820. The summed E-state index contributed by atoms with van der Waals surface area (Å²) in [5, 5.41) is 0. The van der Waals surface area contributed by atoms with Gasteiger partial charge in [-0.1, -0.05) is 24.3 Å². The minimum atomic E-state index is 0.783. The minimum Gasteiger partial charge on any atom is -0.378 e. The third-order valence-corrected chi connectivity index (χ3v) is 3.72. The Morgan fingerprint density at radius 3 is 2.41 bits per heavy atom. The summed E-state index contributed by atoms with van der Waals surface area (Å²) < 4.78 is 2.24. The lowest BCUT2D eigenvalue weighted by Crippen LogP contribution is -2.08. The SMILES string of the molecule is C=C(C)Cn1c(-c2ccc(N(C)C)cc2)nc2ccccc21. The van der Waals surface area contributed by atoms with Crippen molar-refractivity contribution < 1.29 is 0 Å². The number of allylic oxidation sites excluding steroid dienone is 1. The van der Waals surface area contributed by atoms with E-state index in [1.54, 1.807) is 0 Å². The molecule has 22 heavy (non-hydrogen) atoms. The molecular weight excluding hydrogens is 270 g/mol. The average molecular weight is 291 g/mol. The van der Waals surface area contributed by atoms with Gasteiger partial charge in [0.1, 0.15) is 5.82 Å². The van der Waals surface area contributed by atoms with Crippen molar-refractivity contribution in [3.8, 4) is 11.4 Å². The summed E-state index contributed by atoms with van der Waals surface area (Å²) >= 11 is 0. The first-order valence-electron chi connectivity index (χ1n) is 7.43. The van der Waals surface area contributed by atoms with E-state index in [1.807, 2.05) is 27.1 Å². The molecule has 3 heteroatoms. The number of rotatable bonds is 4. The Hall–Kier alpha value is -2.55. The third-order valence-electron chi connectivity index (χ3n) is 3.72. The van der Waals surface area contributed by atoms with Crippen molar-refractivity contribution in [2.24, 2.45) is 0 Å². The number of benzene rings is 2. The van der Waals surface area contributed by atoms with Crippen LogP contribution in [0.2, 0.25) is 0 Å². The second kappa shape index (κ2) is 5.68. The molecule has 2 aromatic carbocycles. The van der Waals surface area contributed by atoms with Gasteiger partial charge in [-0.2, -0.15) is 0 Å². The van der Waals surface area contributed by atoms with Crippen molar-refractivity contribution in [1.82, 2.24) is 9.55 Å². The number of hydrogen-bond donors (Lipinski definition) is 0. The van der Waals surface area contributed by atoms with Gasteiger partial charge in [-0.25, -0.2) is 4.98 Å². The molecule has 3 nitrogen and oxygen atoms in total. The molecule has 3 rings (SSSR count). The zero-order valence-electron chi connectivity index (χ0n) is 13.4. The van der Waals surface area contributed by atoms with E-state index in [0.717, 1.165) is 34.5 Å². The molecule has 1 aromatic heterocycles. The first kappa shape index (κ1) is 14.4. The highest BCUT2D eigenvalue weighted by Crippen LogP contribution is 2.27. The van der Waals surface area contributed by atoms with Gasteiger partial charge in [0, 0.05) is 31.9 Å². The van der Waals surface area contributed by atoms with Crippen LogP contribution in [0, 0.1) is 0 Å². The summed E-state index contributed by atoms with van der Waals surface area (Å²) in [6, 6.07) is 16.8. The summed E-state index contributed by atoms with van der Waals surface area (Å²) in [7, 11) is 4.09. The van der Waals surface area contributed by atoms with Gasteiger partial charge in [-0.15, -0.1) is 0 Å². The molecule has 0 radical (unpaired) electrons. The summed E-state index contributed by atoms with van der Waals surface area (Å²) in [5.41, 5.74) is 5.61. The molecule has 0 aliphatic carbocycles. The van der Waals surface area contributed by atoms with E-state index >= 15 is 0 Å². The molecule has 0 amide bonds. The number of nitrogens with zero attached hydrogens (tertiary/aromatic N) is 3. The van der Waals surface area contributed by atoms with Gasteiger partial charge < -0.3 is 9.47 Å². The summed E-state index contributed by atoms with van der Waals surface area (Å²) in [6.45, 7) is 6.89.